The summed E-state index contributed by atoms with van der Waals surface area (Å²) in [5.74, 6) is 0.706. The normalized spacial score (nSPS) is 12.3. The summed E-state index contributed by atoms with van der Waals surface area (Å²) in [6.45, 7) is 7.66. The van der Waals surface area contributed by atoms with Crippen molar-refractivity contribution in [3.8, 4) is 5.88 Å². The van der Waals surface area contributed by atoms with Crippen molar-refractivity contribution in [2.45, 2.75) is 26.3 Å². The second kappa shape index (κ2) is 10.6. The zero-order valence-electron chi connectivity index (χ0n) is 12.7. The average molecular weight is 282 g/mol. The maximum atomic E-state index is 5.75. The molecule has 5 nitrogen and oxygen atoms in total. The van der Waals surface area contributed by atoms with Gasteiger partial charge in [0, 0.05) is 37.9 Å². The Hall–Kier alpha value is -1.17. The van der Waals surface area contributed by atoms with Crippen LogP contribution in [0, 0.1) is 0 Å². The molecule has 114 valence electrons. The first-order valence-corrected chi connectivity index (χ1v) is 7.17. The third-order valence-electron chi connectivity index (χ3n) is 2.88. The zero-order valence-corrected chi connectivity index (χ0v) is 12.7. The van der Waals surface area contributed by atoms with Gasteiger partial charge in [-0.3, -0.25) is 0 Å². The summed E-state index contributed by atoms with van der Waals surface area (Å²) in [6, 6.07) is 4.22. The molecule has 1 heterocycles. The van der Waals surface area contributed by atoms with Crippen LogP contribution in [0.2, 0.25) is 0 Å². The van der Waals surface area contributed by atoms with Crippen molar-refractivity contribution in [2.24, 2.45) is 0 Å². The van der Waals surface area contributed by atoms with Crippen LogP contribution in [0.1, 0.15) is 31.9 Å². The molecule has 1 aromatic rings. The highest BCUT2D eigenvalue weighted by molar-refractivity contribution is 5.28. The van der Waals surface area contributed by atoms with Crippen LogP contribution in [0.4, 0.5) is 0 Å². The van der Waals surface area contributed by atoms with E-state index in [0.29, 0.717) is 32.3 Å². The maximum absolute atomic E-state index is 5.75. The van der Waals surface area contributed by atoms with Crippen molar-refractivity contribution >= 4 is 0 Å². The lowest BCUT2D eigenvalue weighted by Gasteiger charge is -2.16. The number of rotatable bonds is 11. The average Bonchev–Trinajstić information content (AvgIpc) is 2.47. The van der Waals surface area contributed by atoms with Crippen molar-refractivity contribution < 1.29 is 14.2 Å². The van der Waals surface area contributed by atoms with Crippen LogP contribution >= 0.6 is 0 Å². The van der Waals surface area contributed by atoms with E-state index in [1.807, 2.05) is 12.1 Å². The van der Waals surface area contributed by atoms with Gasteiger partial charge in [0.2, 0.25) is 5.88 Å². The monoisotopic (exact) mass is 282 g/mol. The van der Waals surface area contributed by atoms with Crippen molar-refractivity contribution in [1.29, 1.82) is 0 Å². The Morgan fingerprint density at radius 3 is 2.85 bits per heavy atom. The molecule has 0 fully saturated rings. The number of hydrogen-bond donors (Lipinski definition) is 1. The van der Waals surface area contributed by atoms with Crippen molar-refractivity contribution in [1.82, 2.24) is 10.3 Å². The molecule has 0 saturated heterocycles. The Labute approximate surface area is 121 Å². The highest BCUT2D eigenvalue weighted by Gasteiger charge is 2.11. The molecule has 0 radical (unpaired) electrons. The molecular weight excluding hydrogens is 256 g/mol. The largest absolute Gasteiger partial charge is 0.477 e. The molecule has 1 unspecified atom stereocenters. The molecule has 0 aliphatic rings. The fraction of sp³-hybridized carbons (Fsp3) is 0.667. The highest BCUT2D eigenvalue weighted by Crippen LogP contribution is 2.22. The van der Waals surface area contributed by atoms with Gasteiger partial charge in [0.15, 0.2) is 0 Å². The molecule has 1 rings (SSSR count). The third-order valence-corrected chi connectivity index (χ3v) is 2.88. The predicted molar refractivity (Wildman–Crippen MR) is 79.1 cm³/mol. The topological polar surface area (TPSA) is 52.6 Å². The van der Waals surface area contributed by atoms with E-state index in [1.54, 1.807) is 13.3 Å². The van der Waals surface area contributed by atoms with Gasteiger partial charge in [-0.1, -0.05) is 13.0 Å². The first kappa shape index (κ1) is 16.9. The Bertz CT molecular complexity index is 361. The Morgan fingerprint density at radius 2 is 2.10 bits per heavy atom. The van der Waals surface area contributed by atoms with Gasteiger partial charge in [0.25, 0.3) is 0 Å². The van der Waals surface area contributed by atoms with Crippen LogP contribution in [-0.4, -0.2) is 45.1 Å². The number of pyridine rings is 1. The van der Waals surface area contributed by atoms with E-state index in [1.165, 1.54) is 0 Å². The van der Waals surface area contributed by atoms with E-state index in [4.69, 9.17) is 14.2 Å². The van der Waals surface area contributed by atoms with Gasteiger partial charge in [-0.2, -0.15) is 0 Å². The Balaban J connectivity index is 2.32. The van der Waals surface area contributed by atoms with E-state index >= 15 is 0 Å². The van der Waals surface area contributed by atoms with Gasteiger partial charge in [-0.15, -0.1) is 0 Å². The third kappa shape index (κ3) is 6.32. The van der Waals surface area contributed by atoms with Crippen LogP contribution in [0.15, 0.2) is 18.3 Å². The summed E-state index contributed by atoms with van der Waals surface area (Å²) in [5.41, 5.74) is 1.09. The fourth-order valence-electron chi connectivity index (χ4n) is 1.84. The van der Waals surface area contributed by atoms with Crippen molar-refractivity contribution in [3.05, 3.63) is 23.9 Å². The zero-order chi connectivity index (χ0) is 14.6. The summed E-state index contributed by atoms with van der Waals surface area (Å²) in [7, 11) is 1.67. The highest BCUT2D eigenvalue weighted by atomic mass is 16.5. The van der Waals surface area contributed by atoms with Crippen molar-refractivity contribution in [2.75, 3.05) is 40.1 Å². The molecule has 0 bridgehead atoms. The molecule has 1 N–H and O–H groups in total. The molecule has 0 saturated carbocycles. The SMILES string of the molecule is CCNC(C)c1cccnc1OCCCOCCOC. The summed E-state index contributed by atoms with van der Waals surface area (Å²) < 4.78 is 16.0. The van der Waals surface area contributed by atoms with E-state index in [0.717, 1.165) is 18.5 Å². The van der Waals surface area contributed by atoms with E-state index in [-0.39, 0.29) is 6.04 Å². The lowest BCUT2D eigenvalue weighted by Crippen LogP contribution is -2.19. The van der Waals surface area contributed by atoms with Gasteiger partial charge in [0.1, 0.15) is 0 Å². The molecule has 0 amide bonds. The molecule has 1 aromatic heterocycles. The maximum Gasteiger partial charge on any atom is 0.218 e. The number of hydrogen-bond acceptors (Lipinski definition) is 5. The standard InChI is InChI=1S/C15H26N2O3/c1-4-16-13(2)14-7-5-8-17-15(14)20-10-6-9-19-12-11-18-3/h5,7-8,13,16H,4,6,9-12H2,1-3H3. The minimum atomic E-state index is 0.238. The summed E-state index contributed by atoms with van der Waals surface area (Å²) in [4.78, 5) is 4.31. The van der Waals surface area contributed by atoms with E-state index in [2.05, 4.69) is 24.1 Å². The number of nitrogens with zero attached hydrogens (tertiary/aromatic N) is 1. The smallest absolute Gasteiger partial charge is 0.218 e. The Kier molecular flexibility index (Phi) is 8.95. The molecular formula is C15H26N2O3. The molecule has 1 atom stereocenters. The number of methoxy groups -OCH3 is 1. The van der Waals surface area contributed by atoms with Gasteiger partial charge >= 0.3 is 0 Å². The van der Waals surface area contributed by atoms with Gasteiger partial charge < -0.3 is 19.5 Å². The van der Waals surface area contributed by atoms with E-state index < -0.39 is 0 Å². The second-order valence-electron chi connectivity index (χ2n) is 4.48. The van der Waals surface area contributed by atoms with E-state index in [9.17, 15) is 0 Å². The molecule has 0 spiro atoms. The van der Waals surface area contributed by atoms with Crippen LogP contribution in [-0.2, 0) is 9.47 Å². The van der Waals surface area contributed by atoms with Crippen molar-refractivity contribution in [3.63, 3.8) is 0 Å². The molecule has 5 heteroatoms. The molecule has 0 aromatic carbocycles. The molecule has 0 aliphatic carbocycles. The Morgan fingerprint density at radius 1 is 1.25 bits per heavy atom. The molecule has 20 heavy (non-hydrogen) atoms. The summed E-state index contributed by atoms with van der Waals surface area (Å²) in [5, 5.41) is 3.37. The van der Waals surface area contributed by atoms with Gasteiger partial charge in [-0.25, -0.2) is 4.98 Å². The number of ether oxygens (including phenoxy) is 3. The second-order valence-corrected chi connectivity index (χ2v) is 4.48. The van der Waals surface area contributed by atoms with Crippen LogP contribution < -0.4 is 10.1 Å². The predicted octanol–water partition coefficient (Wildman–Crippen LogP) is 2.18. The first-order valence-electron chi connectivity index (χ1n) is 7.17. The lowest BCUT2D eigenvalue weighted by atomic mass is 10.1. The van der Waals surface area contributed by atoms with Crippen LogP contribution in [0.3, 0.4) is 0 Å². The van der Waals surface area contributed by atoms with Crippen LogP contribution in [0.5, 0.6) is 5.88 Å². The minimum absolute atomic E-state index is 0.238. The van der Waals surface area contributed by atoms with Crippen LogP contribution in [0.25, 0.3) is 0 Å². The minimum Gasteiger partial charge on any atom is -0.477 e. The quantitative estimate of drug-likeness (QED) is 0.630. The summed E-state index contributed by atoms with van der Waals surface area (Å²) in [6.07, 6.45) is 2.60. The van der Waals surface area contributed by atoms with Gasteiger partial charge in [0.05, 0.1) is 19.8 Å². The van der Waals surface area contributed by atoms with Gasteiger partial charge in [-0.05, 0) is 19.5 Å². The summed E-state index contributed by atoms with van der Waals surface area (Å²) >= 11 is 0. The lowest BCUT2D eigenvalue weighted by molar-refractivity contribution is 0.0641. The first-order chi connectivity index (χ1) is 9.79. The number of nitrogens with one attached hydrogen (secondary N) is 1. The fourth-order valence-corrected chi connectivity index (χ4v) is 1.84. The molecule has 0 aliphatic heterocycles. The number of aromatic nitrogens is 1.